The molecule has 0 atom stereocenters. The van der Waals surface area contributed by atoms with Crippen molar-refractivity contribution in [3.8, 4) is 0 Å². The van der Waals surface area contributed by atoms with Gasteiger partial charge in [0.25, 0.3) is 0 Å². The molecule has 0 bridgehead atoms. The van der Waals surface area contributed by atoms with Gasteiger partial charge in [0.05, 0.1) is 11.4 Å². The second-order valence-corrected chi connectivity index (χ2v) is 9.11. The van der Waals surface area contributed by atoms with Gasteiger partial charge >= 0.3 is 0 Å². The van der Waals surface area contributed by atoms with Crippen molar-refractivity contribution in [2.75, 3.05) is 11.9 Å². The lowest BCUT2D eigenvalue weighted by atomic mass is 10.2. The van der Waals surface area contributed by atoms with E-state index in [4.69, 9.17) is 11.6 Å². The van der Waals surface area contributed by atoms with Crippen molar-refractivity contribution in [3.05, 3.63) is 94.8 Å². The summed E-state index contributed by atoms with van der Waals surface area (Å²) in [5.41, 5.74) is 1.55. The predicted octanol–water partition coefficient (Wildman–Crippen LogP) is 4.62. The Kier molecular flexibility index (Phi) is 6.87. The number of halogens is 2. The molecule has 0 saturated heterocycles. The lowest BCUT2D eigenvalue weighted by Crippen LogP contribution is -2.37. The molecule has 156 valence electrons. The average Bonchev–Trinajstić information content (AvgIpc) is 2.71. The number of sulfonamides is 1. The number of hydrogen-bond acceptors (Lipinski definition) is 3. The fraction of sp³-hybridized carbons (Fsp3) is 0.136. The molecule has 0 aliphatic rings. The van der Waals surface area contributed by atoms with E-state index in [1.807, 2.05) is 6.92 Å². The molecule has 0 aliphatic carbocycles. The third-order valence-electron chi connectivity index (χ3n) is 4.41. The number of anilines is 1. The highest BCUT2D eigenvalue weighted by Crippen LogP contribution is 2.21. The molecule has 5 nitrogen and oxygen atoms in total. The number of nitrogens with zero attached hydrogens (tertiary/aromatic N) is 1. The summed E-state index contributed by atoms with van der Waals surface area (Å²) < 4.78 is 41.5. The Labute approximate surface area is 180 Å². The van der Waals surface area contributed by atoms with Gasteiger partial charge in [-0.1, -0.05) is 47.5 Å². The summed E-state index contributed by atoms with van der Waals surface area (Å²) in [6.07, 6.45) is 0. The SMILES string of the molecule is Cc1ccc(S(=O)(=O)N(CC(=O)Nc2ccc(Cl)cc2)Cc2ccccc2F)cc1. The van der Waals surface area contributed by atoms with Crippen LogP contribution in [0.2, 0.25) is 5.02 Å². The number of nitrogens with one attached hydrogen (secondary N) is 1. The van der Waals surface area contributed by atoms with Gasteiger partial charge in [-0.05, 0) is 49.4 Å². The summed E-state index contributed by atoms with van der Waals surface area (Å²) in [6, 6.07) is 18.6. The maximum atomic E-state index is 14.2. The molecule has 0 unspecified atom stereocenters. The van der Waals surface area contributed by atoms with Crippen LogP contribution < -0.4 is 5.32 Å². The van der Waals surface area contributed by atoms with Gasteiger partial charge in [0, 0.05) is 22.8 Å². The van der Waals surface area contributed by atoms with Gasteiger partial charge in [0.15, 0.2) is 0 Å². The van der Waals surface area contributed by atoms with Crippen molar-refractivity contribution in [2.24, 2.45) is 0 Å². The number of hydrogen-bond donors (Lipinski definition) is 1. The monoisotopic (exact) mass is 446 g/mol. The third kappa shape index (κ3) is 5.44. The van der Waals surface area contributed by atoms with E-state index in [9.17, 15) is 17.6 Å². The number of aryl methyl sites for hydroxylation is 1. The van der Waals surface area contributed by atoms with Gasteiger partial charge < -0.3 is 5.32 Å². The van der Waals surface area contributed by atoms with E-state index in [2.05, 4.69) is 5.32 Å². The van der Waals surface area contributed by atoms with Crippen LogP contribution in [0.5, 0.6) is 0 Å². The number of benzene rings is 3. The molecule has 0 heterocycles. The minimum atomic E-state index is -4.04. The van der Waals surface area contributed by atoms with Crippen LogP contribution in [0.3, 0.4) is 0 Å². The highest BCUT2D eigenvalue weighted by atomic mass is 35.5. The summed E-state index contributed by atoms with van der Waals surface area (Å²) in [5.74, 6) is -1.09. The van der Waals surface area contributed by atoms with Crippen LogP contribution in [-0.4, -0.2) is 25.2 Å². The fourth-order valence-corrected chi connectivity index (χ4v) is 4.30. The highest BCUT2D eigenvalue weighted by molar-refractivity contribution is 7.89. The average molecular weight is 447 g/mol. The normalized spacial score (nSPS) is 11.5. The summed E-state index contributed by atoms with van der Waals surface area (Å²) in [4.78, 5) is 12.6. The van der Waals surface area contributed by atoms with Gasteiger partial charge in [-0.15, -0.1) is 0 Å². The molecule has 0 aliphatic heterocycles. The van der Waals surface area contributed by atoms with Crippen molar-refractivity contribution in [3.63, 3.8) is 0 Å². The van der Waals surface area contributed by atoms with E-state index in [-0.39, 0.29) is 17.0 Å². The molecule has 1 amide bonds. The summed E-state index contributed by atoms with van der Waals surface area (Å²) in [7, 11) is -4.04. The standard InChI is InChI=1S/C22H20ClFN2O3S/c1-16-6-12-20(13-7-16)30(28,29)26(14-17-4-2-3-5-21(17)24)15-22(27)25-19-10-8-18(23)9-11-19/h2-13H,14-15H2,1H3,(H,25,27). The first-order valence-corrected chi connectivity index (χ1v) is 10.9. The molecule has 0 saturated carbocycles. The molecular formula is C22H20ClFN2O3S. The van der Waals surface area contributed by atoms with Crippen molar-refractivity contribution >= 4 is 33.2 Å². The van der Waals surface area contributed by atoms with Gasteiger partial charge in [0.1, 0.15) is 5.82 Å². The number of rotatable bonds is 7. The Balaban J connectivity index is 1.88. The van der Waals surface area contributed by atoms with Crippen LogP contribution >= 0.6 is 11.6 Å². The van der Waals surface area contributed by atoms with E-state index in [1.165, 1.54) is 30.3 Å². The third-order valence-corrected chi connectivity index (χ3v) is 6.47. The molecule has 0 aromatic heterocycles. The molecule has 3 rings (SSSR count). The molecular weight excluding hydrogens is 427 g/mol. The van der Waals surface area contributed by atoms with Crippen LogP contribution in [0.15, 0.2) is 77.7 Å². The zero-order valence-corrected chi connectivity index (χ0v) is 17.8. The van der Waals surface area contributed by atoms with E-state index in [1.54, 1.807) is 42.5 Å². The second-order valence-electron chi connectivity index (χ2n) is 6.73. The molecule has 0 radical (unpaired) electrons. The first-order chi connectivity index (χ1) is 14.3. The predicted molar refractivity (Wildman–Crippen MR) is 115 cm³/mol. The lowest BCUT2D eigenvalue weighted by molar-refractivity contribution is -0.116. The van der Waals surface area contributed by atoms with Crippen LogP contribution in [-0.2, 0) is 21.4 Å². The maximum Gasteiger partial charge on any atom is 0.243 e. The minimum absolute atomic E-state index is 0.0312. The largest absolute Gasteiger partial charge is 0.325 e. The number of carbonyl (C=O) groups excluding carboxylic acids is 1. The van der Waals surface area contributed by atoms with Crippen LogP contribution in [0.25, 0.3) is 0 Å². The summed E-state index contributed by atoms with van der Waals surface area (Å²) in [5, 5.41) is 3.15. The maximum absolute atomic E-state index is 14.2. The summed E-state index contributed by atoms with van der Waals surface area (Å²) in [6.45, 7) is 1.08. The molecule has 3 aromatic rings. The Hall–Kier alpha value is -2.74. The minimum Gasteiger partial charge on any atom is -0.325 e. The van der Waals surface area contributed by atoms with E-state index in [0.717, 1.165) is 9.87 Å². The topological polar surface area (TPSA) is 66.5 Å². The van der Waals surface area contributed by atoms with Crippen LogP contribution in [0.4, 0.5) is 10.1 Å². The fourth-order valence-electron chi connectivity index (χ4n) is 2.80. The number of carbonyl (C=O) groups is 1. The molecule has 30 heavy (non-hydrogen) atoms. The zero-order chi connectivity index (χ0) is 21.7. The van der Waals surface area contributed by atoms with Crippen molar-refractivity contribution < 1.29 is 17.6 Å². The Morgan fingerprint density at radius 3 is 2.27 bits per heavy atom. The Morgan fingerprint density at radius 1 is 1.00 bits per heavy atom. The van der Waals surface area contributed by atoms with Gasteiger partial charge in [0.2, 0.25) is 15.9 Å². The first-order valence-electron chi connectivity index (χ1n) is 9.11. The molecule has 0 fully saturated rings. The van der Waals surface area contributed by atoms with E-state index in [0.29, 0.717) is 10.7 Å². The highest BCUT2D eigenvalue weighted by Gasteiger charge is 2.27. The van der Waals surface area contributed by atoms with E-state index >= 15 is 0 Å². The van der Waals surface area contributed by atoms with Gasteiger partial charge in [-0.3, -0.25) is 4.79 Å². The van der Waals surface area contributed by atoms with E-state index < -0.39 is 28.3 Å². The van der Waals surface area contributed by atoms with Crippen molar-refractivity contribution in [1.29, 1.82) is 0 Å². The molecule has 0 spiro atoms. The van der Waals surface area contributed by atoms with Crippen LogP contribution in [0, 0.1) is 12.7 Å². The van der Waals surface area contributed by atoms with Crippen LogP contribution in [0.1, 0.15) is 11.1 Å². The van der Waals surface area contributed by atoms with Gasteiger partial charge in [-0.25, -0.2) is 12.8 Å². The molecule has 1 N–H and O–H groups in total. The zero-order valence-electron chi connectivity index (χ0n) is 16.2. The van der Waals surface area contributed by atoms with Crippen molar-refractivity contribution in [1.82, 2.24) is 4.31 Å². The Bertz CT molecular complexity index is 1130. The molecule has 8 heteroatoms. The van der Waals surface area contributed by atoms with Crippen molar-refractivity contribution in [2.45, 2.75) is 18.4 Å². The second kappa shape index (κ2) is 9.38. The quantitative estimate of drug-likeness (QED) is 0.576. The number of amides is 1. The lowest BCUT2D eigenvalue weighted by Gasteiger charge is -2.22. The Morgan fingerprint density at radius 2 is 1.63 bits per heavy atom. The summed E-state index contributed by atoms with van der Waals surface area (Å²) >= 11 is 5.84. The smallest absolute Gasteiger partial charge is 0.243 e. The molecule has 3 aromatic carbocycles. The van der Waals surface area contributed by atoms with Gasteiger partial charge in [-0.2, -0.15) is 4.31 Å². The first kappa shape index (κ1) is 22.0.